The van der Waals surface area contributed by atoms with Gasteiger partial charge in [0.15, 0.2) is 0 Å². The normalized spacial score (nSPS) is 10.4. The van der Waals surface area contributed by atoms with Gasteiger partial charge in [-0.05, 0) is 24.3 Å². The second-order valence-corrected chi connectivity index (χ2v) is 4.30. The first-order chi connectivity index (χ1) is 9.74. The van der Waals surface area contributed by atoms with E-state index in [1.54, 1.807) is 36.7 Å². The van der Waals surface area contributed by atoms with E-state index in [-0.39, 0.29) is 0 Å². The average Bonchev–Trinajstić information content (AvgIpc) is 2.98. The van der Waals surface area contributed by atoms with Crippen molar-refractivity contribution in [2.24, 2.45) is 5.73 Å². The number of primary amides is 1. The molecule has 0 spiro atoms. The number of carbonyl (C=O) groups excluding carboxylic acids is 1. The Bertz CT molecular complexity index is 732. The zero-order chi connectivity index (χ0) is 13.9. The summed E-state index contributed by atoms with van der Waals surface area (Å²) < 4.78 is 0. The van der Waals surface area contributed by atoms with Gasteiger partial charge in [0.2, 0.25) is 5.91 Å². The predicted molar refractivity (Wildman–Crippen MR) is 75.8 cm³/mol. The van der Waals surface area contributed by atoms with Crippen LogP contribution in [0.25, 0.3) is 22.8 Å². The molecule has 20 heavy (non-hydrogen) atoms. The Kier molecular flexibility index (Phi) is 3.01. The van der Waals surface area contributed by atoms with Gasteiger partial charge in [0.25, 0.3) is 0 Å². The van der Waals surface area contributed by atoms with Crippen LogP contribution in [0.4, 0.5) is 0 Å². The highest BCUT2D eigenvalue weighted by Crippen LogP contribution is 2.20. The van der Waals surface area contributed by atoms with E-state index in [4.69, 9.17) is 5.73 Å². The van der Waals surface area contributed by atoms with Crippen molar-refractivity contribution in [2.45, 2.75) is 0 Å². The molecule has 98 valence electrons. The highest BCUT2D eigenvalue weighted by Gasteiger charge is 2.07. The smallest absolute Gasteiger partial charge is 0.248 e. The molecule has 0 fully saturated rings. The number of H-pyrrole nitrogens is 1. The van der Waals surface area contributed by atoms with Crippen molar-refractivity contribution in [3.63, 3.8) is 0 Å². The van der Waals surface area contributed by atoms with Gasteiger partial charge in [-0.1, -0.05) is 18.2 Å². The molecule has 0 atom stereocenters. The number of hydrogen-bond acceptors (Lipinski definition) is 3. The van der Waals surface area contributed by atoms with Crippen molar-refractivity contribution in [3.05, 3.63) is 60.4 Å². The first-order valence-electron chi connectivity index (χ1n) is 6.11. The molecule has 0 saturated heterocycles. The summed E-state index contributed by atoms with van der Waals surface area (Å²) in [5, 5.41) is 0. The minimum Gasteiger partial charge on any atom is -0.366 e. The standard InChI is InChI=1S/C15H12N4O/c16-14(20)10-4-6-11(7-5-10)15-18-9-13(19-15)12-3-1-2-8-17-12/h1-9H,(H2,16,20)(H,18,19). The first-order valence-corrected chi connectivity index (χ1v) is 6.11. The molecule has 0 unspecified atom stereocenters. The summed E-state index contributed by atoms with van der Waals surface area (Å²) in [6, 6.07) is 12.7. The van der Waals surface area contributed by atoms with Crippen molar-refractivity contribution in [2.75, 3.05) is 0 Å². The lowest BCUT2D eigenvalue weighted by molar-refractivity contribution is 0.100. The number of hydrogen-bond donors (Lipinski definition) is 2. The number of nitrogens with zero attached hydrogens (tertiary/aromatic N) is 2. The van der Waals surface area contributed by atoms with E-state index >= 15 is 0 Å². The van der Waals surface area contributed by atoms with Gasteiger partial charge in [-0.15, -0.1) is 0 Å². The molecule has 0 bridgehead atoms. The molecule has 0 aliphatic heterocycles. The highest BCUT2D eigenvalue weighted by molar-refractivity contribution is 5.93. The van der Waals surface area contributed by atoms with Crippen LogP contribution in [0.3, 0.4) is 0 Å². The maximum Gasteiger partial charge on any atom is 0.248 e. The van der Waals surface area contributed by atoms with Crippen LogP contribution in [0.15, 0.2) is 54.9 Å². The maximum absolute atomic E-state index is 11.0. The van der Waals surface area contributed by atoms with Crippen LogP contribution in [0.1, 0.15) is 10.4 Å². The number of nitrogens with two attached hydrogens (primary N) is 1. The fraction of sp³-hybridized carbons (Fsp3) is 0. The van der Waals surface area contributed by atoms with Crippen LogP contribution in [-0.4, -0.2) is 20.9 Å². The number of benzene rings is 1. The SMILES string of the molecule is NC(=O)c1ccc(-c2ncc(-c3ccccn3)[nH]2)cc1. The molecule has 3 rings (SSSR count). The predicted octanol–water partition coefficient (Wildman–Crippen LogP) is 2.24. The number of nitrogens with one attached hydrogen (secondary N) is 1. The van der Waals surface area contributed by atoms with E-state index in [9.17, 15) is 4.79 Å². The highest BCUT2D eigenvalue weighted by atomic mass is 16.1. The van der Waals surface area contributed by atoms with Crippen molar-refractivity contribution in [1.29, 1.82) is 0 Å². The van der Waals surface area contributed by atoms with E-state index in [0.717, 1.165) is 22.8 Å². The Balaban J connectivity index is 1.92. The Labute approximate surface area is 115 Å². The zero-order valence-corrected chi connectivity index (χ0v) is 10.6. The quantitative estimate of drug-likeness (QED) is 0.760. The van der Waals surface area contributed by atoms with Gasteiger partial charge < -0.3 is 10.7 Å². The third-order valence-electron chi connectivity index (χ3n) is 2.96. The monoisotopic (exact) mass is 264 g/mol. The maximum atomic E-state index is 11.0. The van der Waals surface area contributed by atoms with E-state index in [1.165, 1.54) is 0 Å². The van der Waals surface area contributed by atoms with Crippen LogP contribution < -0.4 is 5.73 Å². The Morgan fingerprint density at radius 1 is 1.05 bits per heavy atom. The third-order valence-corrected chi connectivity index (χ3v) is 2.96. The molecular formula is C15H12N4O. The van der Waals surface area contributed by atoms with Crippen LogP contribution in [0, 0.1) is 0 Å². The second kappa shape index (κ2) is 4.97. The summed E-state index contributed by atoms with van der Waals surface area (Å²) >= 11 is 0. The number of carbonyl (C=O) groups is 1. The van der Waals surface area contributed by atoms with Gasteiger partial charge in [0, 0.05) is 17.3 Å². The van der Waals surface area contributed by atoms with Crippen LogP contribution in [-0.2, 0) is 0 Å². The molecule has 5 nitrogen and oxygen atoms in total. The lowest BCUT2D eigenvalue weighted by Gasteiger charge is -1.99. The van der Waals surface area contributed by atoms with Gasteiger partial charge in [0.05, 0.1) is 17.6 Å². The van der Waals surface area contributed by atoms with Crippen molar-refractivity contribution < 1.29 is 4.79 Å². The van der Waals surface area contributed by atoms with E-state index < -0.39 is 5.91 Å². The number of amides is 1. The van der Waals surface area contributed by atoms with Gasteiger partial charge in [-0.3, -0.25) is 9.78 Å². The fourth-order valence-corrected chi connectivity index (χ4v) is 1.91. The second-order valence-electron chi connectivity index (χ2n) is 4.30. The number of pyridine rings is 1. The number of imidazole rings is 1. The molecule has 1 aromatic carbocycles. The zero-order valence-electron chi connectivity index (χ0n) is 10.6. The van der Waals surface area contributed by atoms with E-state index in [1.807, 2.05) is 18.2 Å². The Morgan fingerprint density at radius 3 is 2.50 bits per heavy atom. The van der Waals surface area contributed by atoms with Gasteiger partial charge in [-0.25, -0.2) is 4.98 Å². The van der Waals surface area contributed by atoms with Crippen LogP contribution >= 0.6 is 0 Å². The number of aromatic nitrogens is 3. The summed E-state index contributed by atoms with van der Waals surface area (Å²) in [6.45, 7) is 0. The van der Waals surface area contributed by atoms with Crippen molar-refractivity contribution in [3.8, 4) is 22.8 Å². The average molecular weight is 264 g/mol. The van der Waals surface area contributed by atoms with Crippen molar-refractivity contribution >= 4 is 5.91 Å². The third kappa shape index (κ3) is 2.29. The summed E-state index contributed by atoms with van der Waals surface area (Å²) in [4.78, 5) is 22.8. The largest absolute Gasteiger partial charge is 0.366 e. The Hall–Kier alpha value is -2.95. The topological polar surface area (TPSA) is 84.7 Å². The number of aromatic amines is 1. The van der Waals surface area contributed by atoms with E-state index in [2.05, 4.69) is 15.0 Å². The molecule has 3 aromatic rings. The Morgan fingerprint density at radius 2 is 1.85 bits per heavy atom. The molecule has 0 saturated carbocycles. The summed E-state index contributed by atoms with van der Waals surface area (Å²) in [6.07, 6.45) is 3.47. The first kappa shape index (κ1) is 12.1. The molecular weight excluding hydrogens is 252 g/mol. The molecule has 2 heterocycles. The van der Waals surface area contributed by atoms with Gasteiger partial charge >= 0.3 is 0 Å². The minimum absolute atomic E-state index is 0.440. The lowest BCUT2D eigenvalue weighted by Crippen LogP contribution is -2.10. The summed E-state index contributed by atoms with van der Waals surface area (Å²) in [5.41, 5.74) is 8.26. The van der Waals surface area contributed by atoms with Crippen molar-refractivity contribution in [1.82, 2.24) is 15.0 Å². The molecule has 0 aliphatic carbocycles. The summed E-state index contributed by atoms with van der Waals surface area (Å²) in [7, 11) is 0. The van der Waals surface area contributed by atoms with Gasteiger partial charge in [-0.2, -0.15) is 0 Å². The molecule has 0 radical (unpaired) electrons. The molecule has 0 aliphatic rings. The molecule has 3 N–H and O–H groups in total. The number of rotatable bonds is 3. The minimum atomic E-state index is -0.440. The van der Waals surface area contributed by atoms with E-state index in [0.29, 0.717) is 5.56 Å². The molecule has 2 aromatic heterocycles. The summed E-state index contributed by atoms with van der Waals surface area (Å²) in [5.74, 6) is 0.284. The lowest BCUT2D eigenvalue weighted by atomic mass is 10.1. The van der Waals surface area contributed by atoms with Crippen LogP contribution in [0.2, 0.25) is 0 Å². The molecule has 5 heteroatoms. The fourth-order valence-electron chi connectivity index (χ4n) is 1.91. The molecule has 1 amide bonds. The van der Waals surface area contributed by atoms with Gasteiger partial charge in [0.1, 0.15) is 5.82 Å². The van der Waals surface area contributed by atoms with Crippen LogP contribution in [0.5, 0.6) is 0 Å².